The Balaban J connectivity index is 1.95. The number of rotatable bonds is 6. The van der Waals surface area contributed by atoms with Gasteiger partial charge in [0.25, 0.3) is 5.69 Å². The molecule has 0 fully saturated rings. The highest BCUT2D eigenvalue weighted by Gasteiger charge is 2.06. The van der Waals surface area contributed by atoms with Crippen LogP contribution in [-0.2, 0) is 6.42 Å². The third kappa shape index (κ3) is 3.85. The molecule has 0 saturated heterocycles. The van der Waals surface area contributed by atoms with Crippen LogP contribution in [0.5, 0.6) is 5.75 Å². The number of nitro groups is 1. The van der Waals surface area contributed by atoms with E-state index in [-0.39, 0.29) is 11.4 Å². The summed E-state index contributed by atoms with van der Waals surface area (Å²) >= 11 is 0. The molecule has 0 unspecified atom stereocenters. The molecule has 0 saturated carbocycles. The maximum Gasteiger partial charge on any atom is 0.269 e. The lowest BCUT2D eigenvalue weighted by molar-refractivity contribution is -0.384. The summed E-state index contributed by atoms with van der Waals surface area (Å²) in [5.41, 5.74) is 2.01. The van der Waals surface area contributed by atoms with Crippen LogP contribution in [0.4, 0.5) is 5.69 Å². The molecule has 1 heterocycles. The highest BCUT2D eigenvalue weighted by Crippen LogP contribution is 2.16. The van der Waals surface area contributed by atoms with E-state index in [1.165, 1.54) is 12.1 Å². The molecule has 0 spiro atoms. The van der Waals surface area contributed by atoms with Gasteiger partial charge in [-0.15, -0.1) is 0 Å². The van der Waals surface area contributed by atoms with Crippen molar-refractivity contribution < 1.29 is 14.5 Å². The Bertz CT molecular complexity index is 653. The number of hydrogen-bond donors (Lipinski definition) is 0. The van der Waals surface area contributed by atoms with Gasteiger partial charge in [-0.3, -0.25) is 14.9 Å². The number of carbonyl (C=O) groups excluding carboxylic acids is 1. The number of aryl methyl sites for hydroxylation is 1. The van der Waals surface area contributed by atoms with Crippen molar-refractivity contribution in [3.05, 3.63) is 63.5 Å². The Hall–Kier alpha value is -2.76. The highest BCUT2D eigenvalue weighted by molar-refractivity contribution is 5.76. The van der Waals surface area contributed by atoms with E-state index >= 15 is 0 Å². The Morgan fingerprint density at radius 3 is 2.57 bits per heavy atom. The molecule has 6 heteroatoms. The highest BCUT2D eigenvalue weighted by atomic mass is 16.6. The molecule has 0 radical (unpaired) electrons. The molecule has 2 aromatic rings. The van der Waals surface area contributed by atoms with Crippen molar-refractivity contribution in [2.24, 2.45) is 0 Å². The van der Waals surface area contributed by atoms with Crippen LogP contribution in [0, 0.1) is 17.0 Å². The summed E-state index contributed by atoms with van der Waals surface area (Å²) in [5, 5.41) is 10.6. The third-order valence-electron chi connectivity index (χ3n) is 2.93. The monoisotopic (exact) mass is 286 g/mol. The second kappa shape index (κ2) is 6.60. The lowest BCUT2D eigenvalue weighted by Crippen LogP contribution is -2.05. The van der Waals surface area contributed by atoms with E-state index in [4.69, 9.17) is 4.74 Å². The van der Waals surface area contributed by atoms with Gasteiger partial charge in [0, 0.05) is 24.2 Å². The van der Waals surface area contributed by atoms with Gasteiger partial charge in [-0.25, -0.2) is 4.98 Å². The van der Waals surface area contributed by atoms with Crippen LogP contribution in [0.3, 0.4) is 0 Å². The second-order valence-electron chi connectivity index (χ2n) is 4.48. The molecule has 1 aromatic heterocycles. The molecule has 0 aliphatic heterocycles. The Labute approximate surface area is 121 Å². The molecule has 108 valence electrons. The smallest absolute Gasteiger partial charge is 0.269 e. The number of ether oxygens (including phenoxy) is 1. The maximum absolute atomic E-state index is 10.9. The van der Waals surface area contributed by atoms with Gasteiger partial charge in [-0.2, -0.15) is 0 Å². The minimum absolute atomic E-state index is 0.0608. The number of non-ortho nitro benzene ring substituents is 1. The number of pyridine rings is 1. The average molecular weight is 286 g/mol. The number of hydrogen-bond acceptors (Lipinski definition) is 5. The molecule has 0 atom stereocenters. The molecule has 6 nitrogen and oxygen atoms in total. The Morgan fingerprint density at radius 1 is 1.24 bits per heavy atom. The van der Waals surface area contributed by atoms with Crippen LogP contribution in [-0.4, -0.2) is 22.8 Å². The van der Waals surface area contributed by atoms with Crippen molar-refractivity contribution >= 4 is 12.0 Å². The van der Waals surface area contributed by atoms with Crippen LogP contribution in [0.25, 0.3) is 0 Å². The lowest BCUT2D eigenvalue weighted by atomic mass is 10.1. The van der Waals surface area contributed by atoms with E-state index in [0.717, 1.165) is 11.3 Å². The third-order valence-corrected chi connectivity index (χ3v) is 2.93. The lowest BCUT2D eigenvalue weighted by Gasteiger charge is -2.08. The van der Waals surface area contributed by atoms with Gasteiger partial charge in [-0.05, 0) is 24.6 Å². The zero-order valence-corrected chi connectivity index (χ0v) is 11.5. The fourth-order valence-corrected chi connectivity index (χ4v) is 1.83. The number of nitrogens with zero attached hydrogens (tertiary/aromatic N) is 2. The van der Waals surface area contributed by atoms with Gasteiger partial charge in [0.15, 0.2) is 6.29 Å². The van der Waals surface area contributed by atoms with E-state index in [1.54, 1.807) is 31.2 Å². The van der Waals surface area contributed by atoms with Crippen molar-refractivity contribution in [1.29, 1.82) is 0 Å². The minimum atomic E-state index is -0.436. The summed E-state index contributed by atoms with van der Waals surface area (Å²) in [6.07, 6.45) is 1.25. The Kier molecular flexibility index (Phi) is 4.61. The molecule has 0 bridgehead atoms. The summed E-state index contributed by atoms with van der Waals surface area (Å²) in [6, 6.07) is 9.78. The van der Waals surface area contributed by atoms with Gasteiger partial charge in [-0.1, -0.05) is 12.1 Å². The first-order valence-corrected chi connectivity index (χ1v) is 6.39. The predicted octanol–water partition coefficient (Wildman–Crippen LogP) is 2.73. The van der Waals surface area contributed by atoms with Crippen molar-refractivity contribution in [2.75, 3.05) is 6.61 Å². The van der Waals surface area contributed by atoms with Gasteiger partial charge in [0.1, 0.15) is 11.4 Å². The molecule has 2 rings (SSSR count). The van der Waals surface area contributed by atoms with Gasteiger partial charge in [0.05, 0.1) is 11.5 Å². The van der Waals surface area contributed by atoms with Crippen molar-refractivity contribution in [2.45, 2.75) is 13.3 Å². The van der Waals surface area contributed by atoms with Gasteiger partial charge in [0.2, 0.25) is 0 Å². The normalized spacial score (nSPS) is 10.1. The molecule has 21 heavy (non-hydrogen) atoms. The van der Waals surface area contributed by atoms with Crippen molar-refractivity contribution in [3.63, 3.8) is 0 Å². The SMILES string of the molecule is Cc1ccc(OCCc2ccc([N+](=O)[O-])cc2)c(C=O)n1. The molecule has 0 aliphatic carbocycles. The van der Waals surface area contributed by atoms with Gasteiger partial charge < -0.3 is 4.74 Å². The van der Waals surface area contributed by atoms with Gasteiger partial charge >= 0.3 is 0 Å². The summed E-state index contributed by atoms with van der Waals surface area (Å²) in [6.45, 7) is 2.16. The van der Waals surface area contributed by atoms with E-state index in [1.807, 2.05) is 0 Å². The first kappa shape index (κ1) is 14.6. The zero-order valence-electron chi connectivity index (χ0n) is 11.5. The first-order valence-electron chi connectivity index (χ1n) is 6.39. The van der Waals surface area contributed by atoms with E-state index < -0.39 is 4.92 Å². The Morgan fingerprint density at radius 2 is 1.95 bits per heavy atom. The molecule has 0 aliphatic rings. The second-order valence-corrected chi connectivity index (χ2v) is 4.48. The van der Waals surface area contributed by atoms with Crippen LogP contribution in [0.2, 0.25) is 0 Å². The molecule has 0 amide bonds. The number of aldehydes is 1. The molecule has 0 N–H and O–H groups in total. The van der Waals surface area contributed by atoms with Crippen molar-refractivity contribution in [3.8, 4) is 5.75 Å². The van der Waals surface area contributed by atoms with Crippen LogP contribution >= 0.6 is 0 Å². The number of benzene rings is 1. The molecule has 1 aromatic carbocycles. The number of nitro benzene ring substituents is 1. The molecular formula is C15H14N2O4. The van der Waals surface area contributed by atoms with Crippen LogP contribution in [0.15, 0.2) is 36.4 Å². The standard InChI is InChI=1S/C15H14N2O4/c1-11-2-7-15(14(10-18)16-11)21-9-8-12-3-5-13(6-4-12)17(19)20/h2-7,10H,8-9H2,1H3. The number of carbonyl (C=O) groups is 1. The fraction of sp³-hybridized carbons (Fsp3) is 0.200. The summed E-state index contributed by atoms with van der Waals surface area (Å²) in [5.74, 6) is 0.442. The maximum atomic E-state index is 10.9. The summed E-state index contributed by atoms with van der Waals surface area (Å²) < 4.78 is 5.54. The summed E-state index contributed by atoms with van der Waals surface area (Å²) in [7, 11) is 0. The average Bonchev–Trinajstić information content (AvgIpc) is 2.49. The van der Waals surface area contributed by atoms with E-state index in [9.17, 15) is 14.9 Å². The van der Waals surface area contributed by atoms with Crippen LogP contribution < -0.4 is 4.74 Å². The fourth-order valence-electron chi connectivity index (χ4n) is 1.83. The summed E-state index contributed by atoms with van der Waals surface area (Å²) in [4.78, 5) is 25.1. The minimum Gasteiger partial charge on any atom is -0.491 e. The van der Waals surface area contributed by atoms with E-state index in [2.05, 4.69) is 4.98 Å². The predicted molar refractivity (Wildman–Crippen MR) is 76.7 cm³/mol. The van der Waals surface area contributed by atoms with Crippen LogP contribution in [0.1, 0.15) is 21.7 Å². The van der Waals surface area contributed by atoms with E-state index in [0.29, 0.717) is 25.1 Å². The topological polar surface area (TPSA) is 82.3 Å². The zero-order chi connectivity index (χ0) is 15.2. The van der Waals surface area contributed by atoms with Crippen molar-refractivity contribution in [1.82, 2.24) is 4.98 Å². The first-order chi connectivity index (χ1) is 10.1. The molecular weight excluding hydrogens is 272 g/mol. The largest absolute Gasteiger partial charge is 0.491 e. The number of aromatic nitrogens is 1. The quantitative estimate of drug-likeness (QED) is 0.463.